The van der Waals surface area contributed by atoms with Crippen molar-refractivity contribution in [2.75, 3.05) is 5.75 Å². The van der Waals surface area contributed by atoms with Crippen molar-refractivity contribution >= 4 is 15.8 Å². The molecule has 0 atom stereocenters. The highest BCUT2D eigenvalue weighted by atomic mass is 32.2. The average molecular weight is 296 g/mol. The third kappa shape index (κ3) is 4.34. The third-order valence-electron chi connectivity index (χ3n) is 3.80. The van der Waals surface area contributed by atoms with Gasteiger partial charge in [-0.15, -0.1) is 0 Å². The summed E-state index contributed by atoms with van der Waals surface area (Å²) in [6.45, 7) is 0. The van der Waals surface area contributed by atoms with Gasteiger partial charge >= 0.3 is 5.97 Å². The molecule has 1 aliphatic carbocycles. The summed E-state index contributed by atoms with van der Waals surface area (Å²) < 4.78 is 24.5. The first-order valence-corrected chi connectivity index (χ1v) is 8.77. The second-order valence-corrected chi connectivity index (χ2v) is 7.65. The summed E-state index contributed by atoms with van der Waals surface area (Å²) in [5.74, 6) is -0.473. The molecule has 1 fully saturated rings. The van der Waals surface area contributed by atoms with E-state index in [0.29, 0.717) is 11.1 Å². The van der Waals surface area contributed by atoms with Crippen molar-refractivity contribution in [2.45, 2.75) is 37.9 Å². The molecule has 0 bridgehead atoms. The van der Waals surface area contributed by atoms with Gasteiger partial charge in [0.1, 0.15) is 0 Å². The molecule has 0 aromatic heterocycles. The normalized spacial score (nSPS) is 16.4. The molecule has 2 rings (SSSR count). The molecule has 0 heterocycles. The number of carbonyl (C=O) groups is 1. The first kappa shape index (κ1) is 15.0. The zero-order chi connectivity index (χ0) is 14.6. The number of carboxylic acids is 1. The van der Waals surface area contributed by atoms with Gasteiger partial charge < -0.3 is 5.11 Å². The molecule has 0 spiro atoms. The van der Waals surface area contributed by atoms with Gasteiger partial charge in [-0.2, -0.15) is 0 Å². The fourth-order valence-electron chi connectivity index (χ4n) is 2.87. The van der Waals surface area contributed by atoms with Crippen molar-refractivity contribution in [3.05, 3.63) is 35.4 Å². The van der Waals surface area contributed by atoms with E-state index in [4.69, 9.17) is 5.11 Å². The molecule has 1 saturated carbocycles. The highest BCUT2D eigenvalue weighted by Crippen LogP contribution is 2.27. The molecular weight excluding hydrogens is 276 g/mol. The molecule has 1 aromatic carbocycles. The number of sulfone groups is 1. The molecule has 4 nitrogen and oxygen atoms in total. The number of carboxylic acid groups (broad SMARTS) is 1. The number of hydrogen-bond donors (Lipinski definition) is 1. The monoisotopic (exact) mass is 296 g/mol. The quantitative estimate of drug-likeness (QED) is 0.875. The van der Waals surface area contributed by atoms with Crippen LogP contribution in [0.15, 0.2) is 24.3 Å². The summed E-state index contributed by atoms with van der Waals surface area (Å²) in [5, 5.41) is 8.87. The van der Waals surface area contributed by atoms with Gasteiger partial charge in [0.05, 0.1) is 17.9 Å². The molecule has 0 radical (unpaired) electrons. The van der Waals surface area contributed by atoms with Crippen LogP contribution in [-0.2, 0) is 26.8 Å². The zero-order valence-corrected chi connectivity index (χ0v) is 12.2. The number of hydrogen-bond acceptors (Lipinski definition) is 3. The maximum absolute atomic E-state index is 12.2. The van der Waals surface area contributed by atoms with E-state index < -0.39 is 15.8 Å². The minimum absolute atomic E-state index is 0.0487. The Balaban J connectivity index is 2.09. The summed E-state index contributed by atoms with van der Waals surface area (Å²) in [6, 6.07) is 6.90. The fourth-order valence-corrected chi connectivity index (χ4v) is 4.79. The van der Waals surface area contributed by atoms with Gasteiger partial charge in [-0.3, -0.25) is 4.79 Å². The highest BCUT2D eigenvalue weighted by molar-refractivity contribution is 7.90. The molecule has 1 aromatic rings. The van der Waals surface area contributed by atoms with Crippen molar-refractivity contribution in [3.63, 3.8) is 0 Å². The van der Waals surface area contributed by atoms with E-state index in [0.717, 1.165) is 25.7 Å². The van der Waals surface area contributed by atoms with E-state index >= 15 is 0 Å². The van der Waals surface area contributed by atoms with Crippen molar-refractivity contribution in [2.24, 2.45) is 5.92 Å². The summed E-state index contributed by atoms with van der Waals surface area (Å²) in [5.41, 5.74) is 1.21. The topological polar surface area (TPSA) is 71.4 Å². The maximum Gasteiger partial charge on any atom is 0.307 e. The van der Waals surface area contributed by atoms with Gasteiger partial charge in [0.2, 0.25) is 0 Å². The Bertz CT molecular complexity index is 571. The van der Waals surface area contributed by atoms with E-state index in [2.05, 4.69) is 0 Å². The van der Waals surface area contributed by atoms with Gasteiger partial charge in [0.15, 0.2) is 9.84 Å². The molecule has 0 unspecified atom stereocenters. The summed E-state index contributed by atoms with van der Waals surface area (Å²) in [6.07, 6.45) is 4.10. The molecule has 0 amide bonds. The van der Waals surface area contributed by atoms with Crippen LogP contribution in [0.3, 0.4) is 0 Å². The summed E-state index contributed by atoms with van der Waals surface area (Å²) >= 11 is 0. The first-order valence-electron chi connectivity index (χ1n) is 6.95. The second kappa shape index (κ2) is 6.39. The molecule has 5 heteroatoms. The van der Waals surface area contributed by atoms with Gasteiger partial charge in [0, 0.05) is 0 Å². The van der Waals surface area contributed by atoms with Gasteiger partial charge in [-0.1, -0.05) is 37.1 Å². The Hall–Kier alpha value is -1.36. The van der Waals surface area contributed by atoms with Crippen molar-refractivity contribution in [3.8, 4) is 0 Å². The minimum atomic E-state index is -3.17. The van der Waals surface area contributed by atoms with Crippen LogP contribution in [-0.4, -0.2) is 25.2 Å². The average Bonchev–Trinajstić information content (AvgIpc) is 2.82. The van der Waals surface area contributed by atoms with Gasteiger partial charge in [-0.25, -0.2) is 8.42 Å². The van der Waals surface area contributed by atoms with E-state index in [1.54, 1.807) is 24.3 Å². The lowest BCUT2D eigenvalue weighted by Crippen LogP contribution is -2.17. The van der Waals surface area contributed by atoms with Crippen LogP contribution in [0.25, 0.3) is 0 Å². The Kier molecular flexibility index (Phi) is 4.81. The molecule has 20 heavy (non-hydrogen) atoms. The predicted molar refractivity (Wildman–Crippen MR) is 77.2 cm³/mol. The summed E-state index contributed by atoms with van der Waals surface area (Å²) in [4.78, 5) is 10.8. The molecule has 110 valence electrons. The Morgan fingerprint density at radius 3 is 2.35 bits per heavy atom. The van der Waals surface area contributed by atoms with Crippen molar-refractivity contribution in [1.29, 1.82) is 0 Å². The zero-order valence-electron chi connectivity index (χ0n) is 11.4. The van der Waals surface area contributed by atoms with Crippen LogP contribution >= 0.6 is 0 Å². The minimum Gasteiger partial charge on any atom is -0.481 e. The molecular formula is C15H20O4S. The van der Waals surface area contributed by atoms with Crippen LogP contribution < -0.4 is 0 Å². The standard InChI is InChI=1S/C15H20O4S/c16-15(17)9-13-7-3-4-8-14(13)11-20(18,19)10-12-5-1-2-6-12/h3-4,7-8,12H,1-2,5-6,9-11H2,(H,16,17). The van der Waals surface area contributed by atoms with Crippen LogP contribution in [0.2, 0.25) is 0 Å². The SMILES string of the molecule is O=C(O)Cc1ccccc1CS(=O)(=O)CC1CCCC1. The maximum atomic E-state index is 12.2. The van der Waals surface area contributed by atoms with E-state index in [1.165, 1.54) is 0 Å². The largest absolute Gasteiger partial charge is 0.481 e. The molecule has 1 N–H and O–H groups in total. The smallest absolute Gasteiger partial charge is 0.307 e. The summed E-state index contributed by atoms with van der Waals surface area (Å²) in [7, 11) is -3.17. The van der Waals surface area contributed by atoms with Crippen LogP contribution in [0.1, 0.15) is 36.8 Å². The van der Waals surface area contributed by atoms with Crippen molar-refractivity contribution < 1.29 is 18.3 Å². The Morgan fingerprint density at radius 2 is 1.75 bits per heavy atom. The van der Waals surface area contributed by atoms with Crippen LogP contribution in [0, 0.1) is 5.92 Å². The lowest BCUT2D eigenvalue weighted by Gasteiger charge is -2.12. The predicted octanol–water partition coefficient (Wildman–Crippen LogP) is 2.42. The van der Waals surface area contributed by atoms with E-state index in [1.807, 2.05) is 0 Å². The Labute approximate surface area is 119 Å². The van der Waals surface area contributed by atoms with Crippen LogP contribution in [0.5, 0.6) is 0 Å². The molecule has 0 saturated heterocycles. The van der Waals surface area contributed by atoms with Gasteiger partial charge in [0.25, 0.3) is 0 Å². The fraction of sp³-hybridized carbons (Fsp3) is 0.533. The van der Waals surface area contributed by atoms with Crippen molar-refractivity contribution in [1.82, 2.24) is 0 Å². The molecule has 1 aliphatic rings. The first-order chi connectivity index (χ1) is 9.46. The van der Waals surface area contributed by atoms with Gasteiger partial charge in [-0.05, 0) is 29.9 Å². The number of benzene rings is 1. The third-order valence-corrected chi connectivity index (χ3v) is 5.53. The lowest BCUT2D eigenvalue weighted by atomic mass is 10.1. The van der Waals surface area contributed by atoms with E-state index in [-0.39, 0.29) is 23.8 Å². The lowest BCUT2D eigenvalue weighted by molar-refractivity contribution is -0.136. The number of aliphatic carboxylic acids is 1. The van der Waals surface area contributed by atoms with Crippen LogP contribution in [0.4, 0.5) is 0 Å². The molecule has 0 aliphatic heterocycles. The Morgan fingerprint density at radius 1 is 1.15 bits per heavy atom. The highest BCUT2D eigenvalue weighted by Gasteiger charge is 2.23. The van der Waals surface area contributed by atoms with E-state index in [9.17, 15) is 13.2 Å². The second-order valence-electron chi connectivity index (χ2n) is 5.54. The number of rotatable bonds is 6.